The van der Waals surface area contributed by atoms with E-state index in [4.69, 9.17) is 5.73 Å². The number of carbonyl (C=O) groups is 1. The summed E-state index contributed by atoms with van der Waals surface area (Å²) in [5.41, 5.74) is 8.06. The second kappa shape index (κ2) is 6.78. The van der Waals surface area contributed by atoms with Gasteiger partial charge in [-0.05, 0) is 18.9 Å². The molecule has 0 saturated carbocycles. The van der Waals surface area contributed by atoms with Gasteiger partial charge in [0.1, 0.15) is 5.01 Å². The van der Waals surface area contributed by atoms with Crippen molar-refractivity contribution in [3.05, 3.63) is 29.8 Å². The second-order valence-corrected chi connectivity index (χ2v) is 6.16. The molecule has 2 atom stereocenters. The molecular weight excluding hydrogens is 284 g/mol. The van der Waals surface area contributed by atoms with Gasteiger partial charge >= 0.3 is 0 Å². The van der Waals surface area contributed by atoms with Crippen molar-refractivity contribution < 1.29 is 4.79 Å². The summed E-state index contributed by atoms with van der Waals surface area (Å²) in [6.45, 7) is 6.00. The molecule has 6 heteroatoms. The highest BCUT2D eigenvalue weighted by atomic mass is 32.1. The Morgan fingerprint density at radius 1 is 1.43 bits per heavy atom. The fourth-order valence-corrected chi connectivity index (χ4v) is 2.61. The number of aromatic nitrogens is 2. The summed E-state index contributed by atoms with van der Waals surface area (Å²) in [7, 11) is 0. The number of amides is 1. The van der Waals surface area contributed by atoms with Gasteiger partial charge in [0.05, 0.1) is 6.04 Å². The number of hydrogen-bond acceptors (Lipinski definition) is 5. The Labute approximate surface area is 128 Å². The van der Waals surface area contributed by atoms with Crippen LogP contribution in [0.2, 0.25) is 0 Å². The van der Waals surface area contributed by atoms with E-state index in [9.17, 15) is 4.79 Å². The fourth-order valence-electron chi connectivity index (χ4n) is 1.87. The lowest BCUT2D eigenvalue weighted by Crippen LogP contribution is -2.40. The van der Waals surface area contributed by atoms with Crippen molar-refractivity contribution in [2.45, 2.75) is 33.2 Å². The molecule has 2 aromatic rings. The smallest absolute Gasteiger partial charge is 0.243 e. The molecule has 5 nitrogen and oxygen atoms in total. The summed E-state index contributed by atoms with van der Waals surface area (Å²) >= 11 is 1.35. The third-order valence-electron chi connectivity index (χ3n) is 3.48. The van der Waals surface area contributed by atoms with Crippen LogP contribution in [0.3, 0.4) is 0 Å². The average molecular weight is 304 g/mol. The van der Waals surface area contributed by atoms with Crippen LogP contribution in [0.1, 0.15) is 25.8 Å². The van der Waals surface area contributed by atoms with E-state index in [-0.39, 0.29) is 11.8 Å². The first kappa shape index (κ1) is 15.6. The summed E-state index contributed by atoms with van der Waals surface area (Å²) < 4.78 is 0. The van der Waals surface area contributed by atoms with Crippen molar-refractivity contribution in [3.63, 3.8) is 0 Å². The first-order chi connectivity index (χ1) is 10.0. The van der Waals surface area contributed by atoms with Crippen molar-refractivity contribution in [1.82, 2.24) is 10.2 Å². The monoisotopic (exact) mass is 304 g/mol. The lowest BCUT2D eigenvalue weighted by Gasteiger charge is -2.16. The molecule has 0 spiro atoms. The normalized spacial score (nSPS) is 13.7. The molecule has 21 heavy (non-hydrogen) atoms. The van der Waals surface area contributed by atoms with Gasteiger partial charge in [0.15, 0.2) is 0 Å². The number of nitrogens with two attached hydrogens (primary N) is 1. The minimum Gasteiger partial charge on any atom is -0.320 e. The number of hydrogen-bond donors (Lipinski definition) is 2. The van der Waals surface area contributed by atoms with Crippen molar-refractivity contribution >= 4 is 22.4 Å². The molecule has 0 aliphatic rings. The third kappa shape index (κ3) is 3.86. The molecule has 0 fully saturated rings. The molecule has 1 amide bonds. The van der Waals surface area contributed by atoms with Gasteiger partial charge < -0.3 is 5.73 Å². The number of rotatable bonds is 5. The van der Waals surface area contributed by atoms with Gasteiger partial charge in [-0.2, -0.15) is 0 Å². The van der Waals surface area contributed by atoms with Gasteiger partial charge in [0, 0.05) is 5.56 Å². The van der Waals surface area contributed by atoms with Crippen molar-refractivity contribution in [1.29, 1.82) is 0 Å². The highest BCUT2D eigenvalue weighted by Crippen LogP contribution is 2.27. The van der Waals surface area contributed by atoms with E-state index in [0.717, 1.165) is 22.6 Å². The van der Waals surface area contributed by atoms with Gasteiger partial charge in [0.2, 0.25) is 11.0 Å². The molecule has 1 aromatic carbocycles. The Bertz CT molecular complexity index is 626. The Kier molecular flexibility index (Phi) is 5.03. The highest BCUT2D eigenvalue weighted by molar-refractivity contribution is 7.18. The van der Waals surface area contributed by atoms with Gasteiger partial charge in [-0.3, -0.25) is 10.1 Å². The van der Waals surface area contributed by atoms with Crippen LogP contribution in [0.15, 0.2) is 24.3 Å². The van der Waals surface area contributed by atoms with E-state index in [1.807, 2.05) is 45.0 Å². The standard InChI is InChI=1S/C15H20N4OS/c1-4-10(3)12(16)13(20)17-15-19-18-14(21-15)11-7-5-6-9(2)8-11/h5-8,10,12H,4,16H2,1-3H3,(H,17,19,20)/t10-,12+/m0/s1. The molecule has 0 aliphatic carbocycles. The van der Waals surface area contributed by atoms with E-state index in [0.29, 0.717) is 5.13 Å². The van der Waals surface area contributed by atoms with Gasteiger partial charge in [0.25, 0.3) is 0 Å². The minimum absolute atomic E-state index is 0.133. The zero-order valence-electron chi connectivity index (χ0n) is 12.5. The van der Waals surface area contributed by atoms with Crippen molar-refractivity contribution in [2.24, 2.45) is 11.7 Å². The van der Waals surface area contributed by atoms with E-state index < -0.39 is 6.04 Å². The SMILES string of the molecule is CC[C@H](C)[C@@H](N)C(=O)Nc1nnc(-c2cccc(C)c2)s1. The first-order valence-electron chi connectivity index (χ1n) is 6.98. The quantitative estimate of drug-likeness (QED) is 0.890. The fraction of sp³-hybridized carbons (Fsp3) is 0.400. The zero-order valence-corrected chi connectivity index (χ0v) is 13.3. The molecule has 1 heterocycles. The van der Waals surface area contributed by atoms with Crippen LogP contribution >= 0.6 is 11.3 Å². The van der Waals surface area contributed by atoms with Crippen LogP contribution in [-0.2, 0) is 4.79 Å². The Morgan fingerprint density at radius 3 is 2.86 bits per heavy atom. The number of carbonyl (C=O) groups excluding carboxylic acids is 1. The van der Waals surface area contributed by atoms with Crippen LogP contribution in [-0.4, -0.2) is 22.1 Å². The molecule has 0 radical (unpaired) electrons. The largest absolute Gasteiger partial charge is 0.320 e. The molecular formula is C15H20N4OS. The van der Waals surface area contributed by atoms with Crippen LogP contribution < -0.4 is 11.1 Å². The number of nitrogens with one attached hydrogen (secondary N) is 1. The van der Waals surface area contributed by atoms with Crippen LogP contribution in [0, 0.1) is 12.8 Å². The summed E-state index contributed by atoms with van der Waals surface area (Å²) in [5, 5.41) is 12.1. The van der Waals surface area contributed by atoms with Gasteiger partial charge in [-0.25, -0.2) is 0 Å². The number of nitrogens with zero attached hydrogens (tertiary/aromatic N) is 2. The molecule has 0 bridgehead atoms. The minimum atomic E-state index is -0.527. The molecule has 0 unspecified atom stereocenters. The molecule has 0 saturated heterocycles. The van der Waals surface area contributed by atoms with Crippen LogP contribution in [0.4, 0.5) is 5.13 Å². The van der Waals surface area contributed by atoms with Crippen LogP contribution in [0.25, 0.3) is 10.6 Å². The maximum Gasteiger partial charge on any atom is 0.243 e. The lowest BCUT2D eigenvalue weighted by atomic mass is 10.00. The van der Waals surface area contributed by atoms with Crippen LogP contribution in [0.5, 0.6) is 0 Å². The van der Waals surface area contributed by atoms with E-state index >= 15 is 0 Å². The summed E-state index contributed by atoms with van der Waals surface area (Å²) in [6, 6.07) is 7.49. The van der Waals surface area contributed by atoms with Gasteiger partial charge in [-0.1, -0.05) is 55.4 Å². The number of aryl methyl sites for hydroxylation is 1. The average Bonchev–Trinajstić information content (AvgIpc) is 2.94. The highest BCUT2D eigenvalue weighted by Gasteiger charge is 2.20. The summed E-state index contributed by atoms with van der Waals surface area (Å²) in [4.78, 5) is 12.0. The van der Waals surface area contributed by atoms with Crippen molar-refractivity contribution in [3.8, 4) is 10.6 Å². The summed E-state index contributed by atoms with van der Waals surface area (Å²) in [5.74, 6) is -0.0783. The second-order valence-electron chi connectivity index (χ2n) is 5.18. The Balaban J connectivity index is 2.08. The molecule has 1 aromatic heterocycles. The van der Waals surface area contributed by atoms with E-state index in [1.165, 1.54) is 11.3 Å². The van der Waals surface area contributed by atoms with Gasteiger partial charge in [-0.15, -0.1) is 10.2 Å². The molecule has 2 rings (SSSR count). The van der Waals surface area contributed by atoms with E-state index in [1.54, 1.807) is 0 Å². The molecule has 3 N–H and O–H groups in total. The summed E-state index contributed by atoms with van der Waals surface area (Å²) in [6.07, 6.45) is 0.860. The Hall–Kier alpha value is -1.79. The number of anilines is 1. The predicted molar refractivity (Wildman–Crippen MR) is 86.1 cm³/mol. The molecule has 0 aliphatic heterocycles. The maximum absolute atomic E-state index is 12.0. The Morgan fingerprint density at radius 2 is 2.19 bits per heavy atom. The van der Waals surface area contributed by atoms with Crippen molar-refractivity contribution in [2.75, 3.05) is 5.32 Å². The number of benzene rings is 1. The third-order valence-corrected chi connectivity index (χ3v) is 4.37. The predicted octanol–water partition coefficient (Wildman–Crippen LogP) is 2.83. The lowest BCUT2D eigenvalue weighted by molar-refractivity contribution is -0.118. The maximum atomic E-state index is 12.0. The molecule has 112 valence electrons. The first-order valence-corrected chi connectivity index (χ1v) is 7.80. The topological polar surface area (TPSA) is 80.9 Å². The van der Waals surface area contributed by atoms with E-state index in [2.05, 4.69) is 15.5 Å². The zero-order chi connectivity index (χ0) is 15.4.